The lowest BCUT2D eigenvalue weighted by atomic mass is 9.98. The molecule has 0 aliphatic heterocycles. The highest BCUT2D eigenvalue weighted by Crippen LogP contribution is 2.09. The highest BCUT2D eigenvalue weighted by molar-refractivity contribution is 5.82. The molecule has 1 rings (SSSR count). The van der Waals surface area contributed by atoms with Crippen molar-refractivity contribution < 1.29 is 9.18 Å². The van der Waals surface area contributed by atoms with Gasteiger partial charge in [-0.3, -0.25) is 9.79 Å². The number of benzene rings is 1. The number of nitrogens with one attached hydrogen (secondary N) is 2. The van der Waals surface area contributed by atoms with E-state index >= 15 is 0 Å². The Hall–Kier alpha value is -2.11. The molecular weight excluding hydrogens is 283 g/mol. The van der Waals surface area contributed by atoms with E-state index in [-0.39, 0.29) is 17.8 Å². The summed E-state index contributed by atoms with van der Waals surface area (Å²) >= 11 is 0. The molecule has 0 aliphatic rings. The SMILES string of the molecule is CCC(C)NC(=NC)NCC(Cc1ccc(F)cc1)C(N)=O. The Bertz CT molecular complexity index is 501. The van der Waals surface area contributed by atoms with Crippen molar-refractivity contribution in [3.63, 3.8) is 0 Å². The maximum absolute atomic E-state index is 12.9. The molecular formula is C16H25FN4O. The topological polar surface area (TPSA) is 79.5 Å². The van der Waals surface area contributed by atoms with Gasteiger partial charge in [-0.1, -0.05) is 19.1 Å². The number of hydrogen-bond acceptors (Lipinski definition) is 2. The fraction of sp³-hybridized carbons (Fsp3) is 0.500. The average molecular weight is 308 g/mol. The number of halogens is 1. The number of carbonyl (C=O) groups is 1. The van der Waals surface area contributed by atoms with E-state index in [2.05, 4.69) is 29.5 Å². The minimum Gasteiger partial charge on any atom is -0.369 e. The van der Waals surface area contributed by atoms with Crippen molar-refractivity contribution >= 4 is 11.9 Å². The van der Waals surface area contributed by atoms with Gasteiger partial charge in [0, 0.05) is 19.6 Å². The first-order valence-electron chi connectivity index (χ1n) is 7.47. The summed E-state index contributed by atoms with van der Waals surface area (Å²) in [7, 11) is 1.68. The molecule has 0 saturated carbocycles. The van der Waals surface area contributed by atoms with Crippen LogP contribution in [0, 0.1) is 11.7 Å². The molecule has 122 valence electrons. The molecule has 0 fully saturated rings. The summed E-state index contributed by atoms with van der Waals surface area (Å²) in [6, 6.07) is 6.37. The molecule has 0 aromatic heterocycles. The Kier molecular flexibility index (Phi) is 7.36. The first-order chi connectivity index (χ1) is 10.5. The molecule has 0 spiro atoms. The van der Waals surface area contributed by atoms with Crippen LogP contribution in [0.3, 0.4) is 0 Å². The van der Waals surface area contributed by atoms with Crippen LogP contribution < -0.4 is 16.4 Å². The molecule has 22 heavy (non-hydrogen) atoms. The summed E-state index contributed by atoms with van der Waals surface area (Å²) in [6.07, 6.45) is 1.43. The van der Waals surface area contributed by atoms with Gasteiger partial charge in [0.05, 0.1) is 5.92 Å². The minimum absolute atomic E-state index is 0.287. The maximum atomic E-state index is 12.9. The summed E-state index contributed by atoms with van der Waals surface area (Å²) in [6.45, 7) is 4.51. The molecule has 0 radical (unpaired) electrons. The number of rotatable bonds is 7. The summed E-state index contributed by atoms with van der Waals surface area (Å²) in [4.78, 5) is 15.7. The van der Waals surface area contributed by atoms with Gasteiger partial charge in [0.1, 0.15) is 5.82 Å². The van der Waals surface area contributed by atoms with Crippen molar-refractivity contribution in [2.24, 2.45) is 16.6 Å². The highest BCUT2D eigenvalue weighted by atomic mass is 19.1. The Morgan fingerprint density at radius 2 is 2.00 bits per heavy atom. The lowest BCUT2D eigenvalue weighted by Crippen LogP contribution is -2.45. The van der Waals surface area contributed by atoms with Crippen LogP contribution in [-0.4, -0.2) is 31.5 Å². The van der Waals surface area contributed by atoms with Crippen LogP contribution in [0.25, 0.3) is 0 Å². The lowest BCUT2D eigenvalue weighted by Gasteiger charge is -2.19. The molecule has 0 saturated heterocycles. The monoisotopic (exact) mass is 308 g/mol. The molecule has 5 nitrogen and oxygen atoms in total. The zero-order valence-corrected chi connectivity index (χ0v) is 13.4. The van der Waals surface area contributed by atoms with Gasteiger partial charge in [0.25, 0.3) is 0 Å². The Balaban J connectivity index is 2.60. The third-order valence-corrected chi connectivity index (χ3v) is 3.53. The summed E-state index contributed by atoms with van der Waals surface area (Å²) in [5.41, 5.74) is 6.33. The highest BCUT2D eigenvalue weighted by Gasteiger charge is 2.17. The van der Waals surface area contributed by atoms with Crippen LogP contribution in [-0.2, 0) is 11.2 Å². The standard InChI is InChI=1S/C16H25FN4O/c1-4-11(2)21-16(19-3)20-10-13(15(18)22)9-12-5-7-14(17)8-6-12/h5-8,11,13H,4,9-10H2,1-3H3,(H2,18,22)(H2,19,20,21). The van der Waals surface area contributed by atoms with Gasteiger partial charge in [-0.2, -0.15) is 0 Å². The van der Waals surface area contributed by atoms with Gasteiger partial charge in [-0.05, 0) is 37.5 Å². The van der Waals surface area contributed by atoms with E-state index in [0.29, 0.717) is 18.9 Å². The average Bonchev–Trinajstić information content (AvgIpc) is 2.51. The Morgan fingerprint density at radius 3 is 2.50 bits per heavy atom. The second kappa shape index (κ2) is 9.02. The summed E-state index contributed by atoms with van der Waals surface area (Å²) in [5.74, 6) is -0.438. The number of amides is 1. The van der Waals surface area contributed by atoms with E-state index in [1.165, 1.54) is 12.1 Å². The van der Waals surface area contributed by atoms with Gasteiger partial charge < -0.3 is 16.4 Å². The molecule has 0 heterocycles. The van der Waals surface area contributed by atoms with Crippen molar-refractivity contribution in [1.82, 2.24) is 10.6 Å². The van der Waals surface area contributed by atoms with Gasteiger partial charge >= 0.3 is 0 Å². The van der Waals surface area contributed by atoms with Gasteiger partial charge in [-0.25, -0.2) is 4.39 Å². The van der Waals surface area contributed by atoms with Crippen molar-refractivity contribution in [2.75, 3.05) is 13.6 Å². The fourth-order valence-electron chi connectivity index (χ4n) is 1.93. The van der Waals surface area contributed by atoms with Crippen molar-refractivity contribution in [2.45, 2.75) is 32.7 Å². The van der Waals surface area contributed by atoms with E-state index in [0.717, 1.165) is 12.0 Å². The number of nitrogens with two attached hydrogens (primary N) is 1. The van der Waals surface area contributed by atoms with Crippen LogP contribution in [0.2, 0.25) is 0 Å². The molecule has 1 aromatic carbocycles. The molecule has 2 unspecified atom stereocenters. The summed E-state index contributed by atoms with van der Waals surface area (Å²) in [5, 5.41) is 6.33. The Morgan fingerprint density at radius 1 is 1.36 bits per heavy atom. The number of aliphatic imine (C=N–C) groups is 1. The fourth-order valence-corrected chi connectivity index (χ4v) is 1.93. The van der Waals surface area contributed by atoms with E-state index in [4.69, 9.17) is 5.73 Å². The molecule has 1 amide bonds. The van der Waals surface area contributed by atoms with E-state index in [9.17, 15) is 9.18 Å². The molecule has 4 N–H and O–H groups in total. The Labute approximate surface area is 131 Å². The second-order valence-electron chi connectivity index (χ2n) is 5.34. The molecule has 2 atom stereocenters. The number of carbonyl (C=O) groups excluding carboxylic acids is 1. The smallest absolute Gasteiger partial charge is 0.222 e. The maximum Gasteiger partial charge on any atom is 0.222 e. The number of nitrogens with zero attached hydrogens (tertiary/aromatic N) is 1. The predicted octanol–water partition coefficient (Wildman–Crippen LogP) is 1.43. The zero-order valence-electron chi connectivity index (χ0n) is 13.4. The normalized spacial score (nSPS) is 14.3. The molecule has 0 bridgehead atoms. The third kappa shape index (κ3) is 6.11. The third-order valence-electron chi connectivity index (χ3n) is 3.53. The summed E-state index contributed by atoms with van der Waals surface area (Å²) < 4.78 is 12.9. The van der Waals surface area contributed by atoms with E-state index < -0.39 is 5.91 Å². The van der Waals surface area contributed by atoms with Gasteiger partial charge in [0.15, 0.2) is 5.96 Å². The van der Waals surface area contributed by atoms with Crippen LogP contribution in [0.15, 0.2) is 29.3 Å². The quantitative estimate of drug-likeness (QED) is 0.527. The van der Waals surface area contributed by atoms with E-state index in [1.807, 2.05) is 0 Å². The van der Waals surface area contributed by atoms with Crippen molar-refractivity contribution in [3.05, 3.63) is 35.6 Å². The van der Waals surface area contributed by atoms with Crippen molar-refractivity contribution in [3.8, 4) is 0 Å². The van der Waals surface area contributed by atoms with Crippen LogP contribution in [0.1, 0.15) is 25.8 Å². The zero-order chi connectivity index (χ0) is 16.5. The van der Waals surface area contributed by atoms with Crippen LogP contribution >= 0.6 is 0 Å². The second-order valence-corrected chi connectivity index (χ2v) is 5.34. The van der Waals surface area contributed by atoms with Gasteiger partial charge in [0.2, 0.25) is 5.91 Å². The molecule has 6 heteroatoms. The largest absolute Gasteiger partial charge is 0.369 e. The lowest BCUT2D eigenvalue weighted by molar-refractivity contribution is -0.121. The van der Waals surface area contributed by atoms with Crippen LogP contribution in [0.4, 0.5) is 4.39 Å². The van der Waals surface area contributed by atoms with Crippen molar-refractivity contribution in [1.29, 1.82) is 0 Å². The molecule has 0 aliphatic carbocycles. The molecule has 1 aromatic rings. The van der Waals surface area contributed by atoms with Crippen LogP contribution in [0.5, 0.6) is 0 Å². The number of primary amides is 1. The number of guanidine groups is 1. The number of hydrogen-bond donors (Lipinski definition) is 3. The van der Waals surface area contributed by atoms with Gasteiger partial charge in [-0.15, -0.1) is 0 Å². The first kappa shape index (κ1) is 17.9. The minimum atomic E-state index is -0.393. The first-order valence-corrected chi connectivity index (χ1v) is 7.47. The predicted molar refractivity (Wildman–Crippen MR) is 87.0 cm³/mol. The van der Waals surface area contributed by atoms with E-state index in [1.54, 1.807) is 19.2 Å².